The molecule has 13 rings (SSSR count). The van der Waals surface area contributed by atoms with E-state index in [-0.39, 0.29) is 27.5 Å². The molecule has 79 heavy (non-hydrogen) atoms. The average Bonchev–Trinajstić information content (AvgIpc) is 1.73. The van der Waals surface area contributed by atoms with E-state index in [1.165, 1.54) is 11.1 Å². The third kappa shape index (κ3) is 8.55. The van der Waals surface area contributed by atoms with Gasteiger partial charge in [-0.15, -0.1) is 0 Å². The molecule has 0 saturated heterocycles. The van der Waals surface area contributed by atoms with Crippen molar-refractivity contribution < 1.29 is 17.5 Å². The Morgan fingerprint density at radius 2 is 1.06 bits per heavy atom. The monoisotopic (exact) mass is 1030 g/mol. The van der Waals surface area contributed by atoms with Crippen LogP contribution in [0, 0.1) is 20.0 Å². The number of imidazole rings is 1. The van der Waals surface area contributed by atoms with Crippen LogP contribution in [0.1, 0.15) is 98.4 Å². The Kier molecular flexibility index (Phi) is 10.1. The fourth-order valence-corrected chi connectivity index (χ4v) is 11.7. The predicted octanol–water partition coefficient (Wildman–Crippen LogP) is 19.1. The summed E-state index contributed by atoms with van der Waals surface area (Å²) in [4.78, 5) is 4.92. The van der Waals surface area contributed by atoms with Crippen molar-refractivity contribution in [1.82, 2.24) is 14.1 Å². The second-order valence-electron chi connectivity index (χ2n) is 24.3. The largest absolute Gasteiger partial charge is 0.458 e. The lowest BCUT2D eigenvalue weighted by molar-refractivity contribution is -0.570. The van der Waals surface area contributed by atoms with E-state index < -0.39 is 19.1 Å². The Morgan fingerprint density at radius 3 is 1.75 bits per heavy atom. The summed E-state index contributed by atoms with van der Waals surface area (Å²) in [7, 11) is 0. The lowest BCUT2D eigenvalue weighted by Gasteiger charge is -2.27. The molecular formula is C74H66N4O. The van der Waals surface area contributed by atoms with Gasteiger partial charge in [0.25, 0.3) is 6.33 Å². The van der Waals surface area contributed by atoms with Gasteiger partial charge in [-0.05, 0) is 168 Å². The molecule has 0 bridgehead atoms. The van der Waals surface area contributed by atoms with Crippen LogP contribution >= 0.6 is 0 Å². The van der Waals surface area contributed by atoms with Crippen molar-refractivity contribution >= 4 is 32.8 Å². The van der Waals surface area contributed by atoms with Gasteiger partial charge in [-0.25, -0.2) is 4.98 Å². The number of hydrogen-bond acceptors (Lipinski definition) is 2. The van der Waals surface area contributed by atoms with Gasteiger partial charge in [0.05, 0.1) is 33.4 Å². The van der Waals surface area contributed by atoms with E-state index >= 15 is 0 Å². The second-order valence-corrected chi connectivity index (χ2v) is 24.3. The van der Waals surface area contributed by atoms with Gasteiger partial charge in [-0.2, -0.15) is 0 Å². The minimum absolute atomic E-state index is 0.0468. The quantitative estimate of drug-likeness (QED) is 0.123. The highest BCUT2D eigenvalue weighted by Gasteiger charge is 2.30. The summed E-state index contributed by atoms with van der Waals surface area (Å²) in [6, 6.07) is 65.9. The molecule has 12 aromatic rings. The van der Waals surface area contributed by atoms with Crippen molar-refractivity contribution in [1.29, 1.82) is 0 Å². The Bertz CT molecular complexity index is 4620. The number of para-hydroxylation sites is 1. The molecule has 0 saturated carbocycles. The molecule has 0 spiro atoms. The van der Waals surface area contributed by atoms with E-state index in [0.717, 1.165) is 94.4 Å². The van der Waals surface area contributed by atoms with Gasteiger partial charge in [0, 0.05) is 31.3 Å². The van der Waals surface area contributed by atoms with Gasteiger partial charge >= 0.3 is 0 Å². The van der Waals surface area contributed by atoms with Gasteiger partial charge in [0.1, 0.15) is 17.3 Å². The summed E-state index contributed by atoms with van der Waals surface area (Å²) in [5.41, 5.74) is 15.7. The molecule has 388 valence electrons. The first-order chi connectivity index (χ1) is 40.3. The zero-order valence-corrected chi connectivity index (χ0v) is 46.2. The van der Waals surface area contributed by atoms with Gasteiger partial charge in [-0.3, -0.25) is 13.7 Å². The molecule has 9 aromatic carbocycles. The number of aromatic nitrogens is 4. The maximum absolute atomic E-state index is 9.06. The van der Waals surface area contributed by atoms with Crippen LogP contribution in [0.15, 0.2) is 200 Å². The van der Waals surface area contributed by atoms with E-state index in [9.17, 15) is 0 Å². The Labute approximate surface area is 473 Å². The van der Waals surface area contributed by atoms with Crippen LogP contribution in [0.2, 0.25) is 0 Å². The second kappa shape index (κ2) is 18.4. The van der Waals surface area contributed by atoms with Crippen LogP contribution in [0.5, 0.6) is 11.5 Å². The maximum Gasteiger partial charge on any atom is 0.269 e. The van der Waals surface area contributed by atoms with E-state index in [2.05, 4.69) is 216 Å². The molecule has 4 heterocycles. The number of ether oxygens (including phenoxy) is 1. The normalized spacial score (nSPS) is 13.9. The lowest BCUT2D eigenvalue weighted by Crippen LogP contribution is -2.32. The fourth-order valence-electron chi connectivity index (χ4n) is 11.7. The van der Waals surface area contributed by atoms with Crippen molar-refractivity contribution in [3.05, 3.63) is 234 Å². The van der Waals surface area contributed by atoms with Crippen LogP contribution in [0.4, 0.5) is 0 Å². The van der Waals surface area contributed by atoms with Crippen LogP contribution in [0.3, 0.4) is 0 Å². The molecule has 3 aromatic heterocycles. The number of fused-ring (bicyclic) bond motifs is 10. The summed E-state index contributed by atoms with van der Waals surface area (Å²) in [6.07, 6.45) is 5.80. The zero-order valence-electron chi connectivity index (χ0n) is 52.2. The number of hydrogen-bond donors (Lipinski definition) is 0. The molecule has 0 amide bonds. The molecule has 0 radical (unpaired) electrons. The highest BCUT2D eigenvalue weighted by Crippen LogP contribution is 2.48. The first-order valence-electron chi connectivity index (χ1n) is 30.3. The first-order valence-corrected chi connectivity index (χ1v) is 27.3. The van der Waals surface area contributed by atoms with Crippen LogP contribution < -0.4 is 9.30 Å². The predicted molar refractivity (Wildman–Crippen MR) is 329 cm³/mol. The Balaban J connectivity index is 1.11. The third-order valence-corrected chi connectivity index (χ3v) is 15.9. The molecular weight excluding hydrogens is 961 g/mol. The van der Waals surface area contributed by atoms with Crippen LogP contribution in [0.25, 0.3) is 106 Å². The molecule has 1 aliphatic rings. The van der Waals surface area contributed by atoms with E-state index in [0.29, 0.717) is 22.7 Å². The smallest absolute Gasteiger partial charge is 0.269 e. The average molecular weight is 1030 g/mol. The number of pyridine rings is 1. The highest BCUT2D eigenvalue weighted by atomic mass is 16.5. The lowest BCUT2D eigenvalue weighted by atomic mass is 9.80. The standard InChI is InChI=1S/C74H66N4O/c1-46-20-18-21-47(2)69(46)64-41-52(74(9,10)11)40-63-59-27-15-13-25-57(59)56-24-12-14-26-58(56)62-38-49(48-30-32-50(33-31-48)72(3,4)5)39-67-71(62)77(70(63)64)45-76(67)53-22-19-23-54(43-53)79-55-34-35-61-60-28-16-17-29-65(60)78(66(61)44-55)68-42-51(36-37-75-68)73(6,7)8/h12-44H,1-11H3/i1D3,2D3. The summed E-state index contributed by atoms with van der Waals surface area (Å²) in [5.74, 6) is 2.06. The van der Waals surface area contributed by atoms with Crippen molar-refractivity contribution in [3.63, 3.8) is 0 Å². The van der Waals surface area contributed by atoms with Crippen LogP contribution in [-0.2, 0) is 16.2 Å². The van der Waals surface area contributed by atoms with Crippen molar-refractivity contribution in [2.45, 2.75) is 92.3 Å². The summed E-state index contributed by atoms with van der Waals surface area (Å²) >= 11 is 0. The summed E-state index contributed by atoms with van der Waals surface area (Å²) in [5, 5.41) is 2.19. The van der Waals surface area contributed by atoms with Crippen molar-refractivity contribution in [3.8, 4) is 84.3 Å². The van der Waals surface area contributed by atoms with E-state index in [4.69, 9.17) is 17.9 Å². The summed E-state index contributed by atoms with van der Waals surface area (Å²) in [6.45, 7) is 14.3. The van der Waals surface area contributed by atoms with Crippen molar-refractivity contribution in [2.75, 3.05) is 0 Å². The van der Waals surface area contributed by atoms with Gasteiger partial charge in [0.15, 0.2) is 0 Å². The minimum Gasteiger partial charge on any atom is -0.458 e. The molecule has 0 N–H and O–H groups in total. The van der Waals surface area contributed by atoms with Crippen molar-refractivity contribution in [2.24, 2.45) is 0 Å². The summed E-state index contributed by atoms with van der Waals surface area (Å²) < 4.78 is 67.7. The number of rotatable bonds is 6. The molecule has 0 fully saturated rings. The number of benzene rings is 9. The SMILES string of the molecule is [2H]C([2H])([2H])c1cccc(C([2H])([2H])[2H])c1-c1cc(C(C)(C)C)cc2c1-[n+]1[c-]n(-c3cccc(Oc4ccc5c6ccccc6n(-c6cc(C(C)(C)C)ccn6)c5c4)c3)c3cc(-c4ccc(C(C)(C)C)cc4)cc(c31)-c1ccccc1-c1ccccc1-2. The molecule has 5 heteroatoms. The molecule has 1 aliphatic heterocycles. The molecule has 0 atom stereocenters. The van der Waals surface area contributed by atoms with Gasteiger partial charge in [0.2, 0.25) is 0 Å². The van der Waals surface area contributed by atoms with Crippen LogP contribution in [-0.4, -0.2) is 14.1 Å². The zero-order chi connectivity index (χ0) is 59.7. The van der Waals surface area contributed by atoms with Gasteiger partial charge in [-0.1, -0.05) is 196 Å². The number of aryl methyl sites for hydroxylation is 2. The fraction of sp³-hybridized carbons (Fsp3) is 0.189. The van der Waals surface area contributed by atoms with E-state index in [1.54, 1.807) is 18.2 Å². The highest BCUT2D eigenvalue weighted by molar-refractivity contribution is 6.09. The maximum atomic E-state index is 9.06. The Hall–Kier alpha value is -8.80. The topological polar surface area (TPSA) is 35.9 Å². The molecule has 0 aliphatic carbocycles. The first kappa shape index (κ1) is 43.2. The van der Waals surface area contributed by atoms with E-state index in [1.807, 2.05) is 48.7 Å². The van der Waals surface area contributed by atoms with Gasteiger partial charge < -0.3 is 4.74 Å². The third-order valence-electron chi connectivity index (χ3n) is 15.9. The Morgan fingerprint density at radius 1 is 0.456 bits per heavy atom. The minimum atomic E-state index is -2.69. The number of nitrogens with zero attached hydrogens (tertiary/aromatic N) is 4. The molecule has 0 unspecified atom stereocenters. The molecule has 5 nitrogen and oxygen atoms in total.